The number of anilines is 1. The van der Waals surface area contributed by atoms with Crippen LogP contribution in [0.5, 0.6) is 0 Å². The minimum Gasteiger partial charge on any atom is -0.366 e. The molecule has 1 saturated heterocycles. The summed E-state index contributed by atoms with van der Waals surface area (Å²) in [6.45, 7) is -0.0851. The van der Waals surface area contributed by atoms with Gasteiger partial charge in [0.25, 0.3) is 0 Å². The van der Waals surface area contributed by atoms with Crippen LogP contribution in [-0.4, -0.2) is 41.7 Å². The summed E-state index contributed by atoms with van der Waals surface area (Å²) >= 11 is 0. The maximum Gasteiger partial charge on any atom is 0.401 e. The van der Waals surface area contributed by atoms with E-state index in [4.69, 9.17) is 5.26 Å². The van der Waals surface area contributed by atoms with Crippen LogP contribution in [0.1, 0.15) is 18.5 Å². The van der Waals surface area contributed by atoms with E-state index < -0.39 is 12.7 Å². The van der Waals surface area contributed by atoms with Crippen molar-refractivity contribution in [2.75, 3.05) is 25.0 Å². The normalized spacial score (nSPS) is 20.4. The Balaban J connectivity index is 1.94. The average Bonchev–Trinajstić information content (AvgIpc) is 2.37. The molecule has 0 spiro atoms. The summed E-state index contributed by atoms with van der Waals surface area (Å²) in [5.41, 5.74) is 0.290. The van der Waals surface area contributed by atoms with Crippen LogP contribution in [0.2, 0.25) is 0 Å². The van der Waals surface area contributed by atoms with E-state index in [2.05, 4.69) is 10.3 Å². The Morgan fingerprint density at radius 1 is 1.45 bits per heavy atom. The molecular weight excluding hydrogens is 269 g/mol. The fourth-order valence-corrected chi connectivity index (χ4v) is 2.36. The van der Waals surface area contributed by atoms with Crippen molar-refractivity contribution in [2.45, 2.75) is 25.1 Å². The minimum atomic E-state index is -4.17. The zero-order chi connectivity index (χ0) is 14.6. The average molecular weight is 284 g/mol. The number of rotatable bonds is 3. The van der Waals surface area contributed by atoms with Crippen molar-refractivity contribution in [2.24, 2.45) is 0 Å². The summed E-state index contributed by atoms with van der Waals surface area (Å²) < 4.78 is 37.1. The van der Waals surface area contributed by atoms with Gasteiger partial charge in [-0.25, -0.2) is 4.98 Å². The molecule has 0 radical (unpaired) electrons. The van der Waals surface area contributed by atoms with Crippen LogP contribution in [0, 0.1) is 11.3 Å². The first kappa shape index (κ1) is 14.6. The van der Waals surface area contributed by atoms with Crippen molar-refractivity contribution in [3.8, 4) is 6.07 Å². The summed E-state index contributed by atoms with van der Waals surface area (Å²) in [6.07, 6.45) is -2.65. The van der Waals surface area contributed by atoms with Crippen LogP contribution in [0.25, 0.3) is 0 Å². The molecule has 0 aromatic carbocycles. The van der Waals surface area contributed by atoms with Crippen LogP contribution in [-0.2, 0) is 0 Å². The number of pyridine rings is 1. The molecule has 0 amide bonds. The lowest BCUT2D eigenvalue weighted by molar-refractivity contribution is -0.147. The standard InChI is InChI=1S/C13H15F3N4/c14-13(15,16)9-20-6-2-4-11(8-20)19-12-5-1-3-10(7-17)18-12/h1,3,5,11H,2,4,6,8-9H2,(H,18,19). The van der Waals surface area contributed by atoms with E-state index in [1.54, 1.807) is 18.2 Å². The van der Waals surface area contributed by atoms with E-state index in [-0.39, 0.29) is 11.7 Å². The fourth-order valence-electron chi connectivity index (χ4n) is 2.36. The Bertz CT molecular complexity index is 495. The molecule has 1 atom stereocenters. The van der Waals surface area contributed by atoms with Gasteiger partial charge < -0.3 is 5.32 Å². The maximum atomic E-state index is 12.4. The zero-order valence-corrected chi connectivity index (χ0v) is 10.8. The van der Waals surface area contributed by atoms with Gasteiger partial charge in [0.05, 0.1) is 6.54 Å². The van der Waals surface area contributed by atoms with Crippen LogP contribution >= 0.6 is 0 Å². The summed E-state index contributed by atoms with van der Waals surface area (Å²) in [6, 6.07) is 6.85. The highest BCUT2D eigenvalue weighted by atomic mass is 19.4. The fraction of sp³-hybridized carbons (Fsp3) is 0.538. The molecule has 108 valence electrons. The lowest BCUT2D eigenvalue weighted by atomic mass is 10.1. The van der Waals surface area contributed by atoms with Gasteiger partial charge in [0.15, 0.2) is 0 Å². The molecule has 4 nitrogen and oxygen atoms in total. The molecule has 1 unspecified atom stereocenters. The van der Waals surface area contributed by atoms with Crippen LogP contribution < -0.4 is 5.32 Å². The summed E-state index contributed by atoms with van der Waals surface area (Å²) in [7, 11) is 0. The summed E-state index contributed by atoms with van der Waals surface area (Å²) in [4.78, 5) is 5.47. The second kappa shape index (κ2) is 6.09. The van der Waals surface area contributed by atoms with Gasteiger partial charge in [-0.3, -0.25) is 4.90 Å². The minimum absolute atomic E-state index is 0.0763. The number of halogens is 3. The topological polar surface area (TPSA) is 52.0 Å². The number of likely N-dealkylation sites (tertiary alicyclic amines) is 1. The zero-order valence-electron chi connectivity index (χ0n) is 10.8. The van der Waals surface area contributed by atoms with E-state index in [1.807, 2.05) is 6.07 Å². The Labute approximate surface area is 115 Å². The molecule has 2 heterocycles. The number of alkyl halides is 3. The number of hydrogen-bond donors (Lipinski definition) is 1. The maximum absolute atomic E-state index is 12.4. The van der Waals surface area contributed by atoms with Gasteiger partial charge >= 0.3 is 6.18 Å². The number of hydrogen-bond acceptors (Lipinski definition) is 4. The quantitative estimate of drug-likeness (QED) is 0.926. The van der Waals surface area contributed by atoms with Gasteiger partial charge in [-0.15, -0.1) is 0 Å². The molecule has 1 N–H and O–H groups in total. The highest BCUT2D eigenvalue weighted by Crippen LogP contribution is 2.21. The Kier molecular flexibility index (Phi) is 4.45. The number of nitrogens with zero attached hydrogens (tertiary/aromatic N) is 3. The molecule has 1 aliphatic heterocycles. The number of piperidine rings is 1. The first-order chi connectivity index (χ1) is 9.46. The molecule has 1 aromatic heterocycles. The molecule has 0 saturated carbocycles. The van der Waals surface area contributed by atoms with Gasteiger partial charge in [0.2, 0.25) is 0 Å². The molecule has 7 heteroatoms. The smallest absolute Gasteiger partial charge is 0.366 e. The van der Waals surface area contributed by atoms with Crippen LogP contribution in [0.4, 0.5) is 19.0 Å². The highest BCUT2D eigenvalue weighted by Gasteiger charge is 2.33. The van der Waals surface area contributed by atoms with Crippen molar-refractivity contribution in [1.82, 2.24) is 9.88 Å². The van der Waals surface area contributed by atoms with E-state index in [0.717, 1.165) is 6.42 Å². The van der Waals surface area contributed by atoms with E-state index >= 15 is 0 Å². The third-order valence-electron chi connectivity index (χ3n) is 3.12. The first-order valence-electron chi connectivity index (χ1n) is 6.39. The lowest BCUT2D eigenvalue weighted by Crippen LogP contribution is -2.45. The first-order valence-corrected chi connectivity index (χ1v) is 6.39. The van der Waals surface area contributed by atoms with Crippen molar-refractivity contribution < 1.29 is 13.2 Å². The van der Waals surface area contributed by atoms with E-state index in [0.29, 0.717) is 25.3 Å². The number of nitrogens with one attached hydrogen (secondary N) is 1. The van der Waals surface area contributed by atoms with Crippen molar-refractivity contribution in [3.63, 3.8) is 0 Å². The molecule has 1 fully saturated rings. The van der Waals surface area contributed by atoms with Gasteiger partial charge in [0, 0.05) is 12.6 Å². The van der Waals surface area contributed by atoms with Crippen molar-refractivity contribution >= 4 is 5.82 Å². The SMILES string of the molecule is N#Cc1cccc(NC2CCCN(CC(F)(F)F)C2)n1. The molecule has 2 rings (SSSR count). The lowest BCUT2D eigenvalue weighted by Gasteiger charge is -2.33. The summed E-state index contributed by atoms with van der Waals surface area (Å²) in [5.74, 6) is 0.530. The van der Waals surface area contributed by atoms with Gasteiger partial charge in [-0.1, -0.05) is 6.07 Å². The van der Waals surface area contributed by atoms with Crippen LogP contribution in [0.15, 0.2) is 18.2 Å². The van der Waals surface area contributed by atoms with Crippen molar-refractivity contribution in [1.29, 1.82) is 5.26 Å². The van der Waals surface area contributed by atoms with E-state index in [9.17, 15) is 13.2 Å². The van der Waals surface area contributed by atoms with E-state index in [1.165, 1.54) is 4.90 Å². The molecular formula is C13H15F3N4. The third-order valence-corrected chi connectivity index (χ3v) is 3.12. The van der Waals surface area contributed by atoms with Crippen LogP contribution in [0.3, 0.4) is 0 Å². The van der Waals surface area contributed by atoms with Gasteiger partial charge in [0.1, 0.15) is 17.6 Å². The number of aromatic nitrogens is 1. The third kappa shape index (κ3) is 4.38. The molecule has 0 aliphatic carbocycles. The Morgan fingerprint density at radius 3 is 2.95 bits per heavy atom. The molecule has 0 bridgehead atoms. The molecule has 20 heavy (non-hydrogen) atoms. The second-order valence-electron chi connectivity index (χ2n) is 4.85. The van der Waals surface area contributed by atoms with Crippen molar-refractivity contribution in [3.05, 3.63) is 23.9 Å². The monoisotopic (exact) mass is 284 g/mol. The Hall–Kier alpha value is -1.81. The number of nitriles is 1. The highest BCUT2D eigenvalue weighted by molar-refractivity contribution is 5.39. The van der Waals surface area contributed by atoms with Gasteiger partial charge in [-0.05, 0) is 31.5 Å². The second-order valence-corrected chi connectivity index (χ2v) is 4.85. The Morgan fingerprint density at radius 2 is 2.25 bits per heavy atom. The van der Waals surface area contributed by atoms with Gasteiger partial charge in [-0.2, -0.15) is 18.4 Å². The largest absolute Gasteiger partial charge is 0.401 e. The molecule has 1 aromatic rings. The predicted molar refractivity (Wildman–Crippen MR) is 68.1 cm³/mol. The predicted octanol–water partition coefficient (Wildman–Crippen LogP) is 2.39. The molecule has 1 aliphatic rings. The summed E-state index contributed by atoms with van der Waals surface area (Å²) in [5, 5.41) is 11.9.